The second-order valence-electron chi connectivity index (χ2n) is 6.74. The molecule has 0 radical (unpaired) electrons. The van der Waals surface area contributed by atoms with Crippen molar-refractivity contribution in [3.8, 4) is 5.75 Å². The van der Waals surface area contributed by atoms with Crippen molar-refractivity contribution in [2.75, 3.05) is 17.5 Å². The molecule has 0 bridgehead atoms. The number of rotatable bonds is 9. The number of hydrogen-bond acceptors (Lipinski definition) is 5. The van der Waals surface area contributed by atoms with E-state index in [1.54, 1.807) is 42.5 Å². The van der Waals surface area contributed by atoms with E-state index in [-0.39, 0.29) is 10.6 Å². The molecular weight excluding hydrogens is 485 g/mol. The maximum absolute atomic E-state index is 13.3. The number of sulfonamides is 1. The molecule has 3 aromatic carbocycles. The van der Waals surface area contributed by atoms with Crippen LogP contribution in [0.3, 0.4) is 0 Å². The average molecular weight is 506 g/mol. The van der Waals surface area contributed by atoms with Crippen molar-refractivity contribution in [1.82, 2.24) is 5.43 Å². The van der Waals surface area contributed by atoms with Gasteiger partial charge in [0.2, 0.25) is 0 Å². The van der Waals surface area contributed by atoms with Crippen LogP contribution < -0.4 is 14.5 Å². The molecule has 0 aliphatic carbocycles. The van der Waals surface area contributed by atoms with E-state index in [9.17, 15) is 13.2 Å². The summed E-state index contributed by atoms with van der Waals surface area (Å²) in [6.45, 7) is 1.95. The number of carbonyl (C=O) groups excluding carboxylic acids is 1. The molecule has 0 aromatic heterocycles. The van der Waals surface area contributed by atoms with Gasteiger partial charge in [0.25, 0.3) is 15.9 Å². The number of anilines is 1. The molecule has 0 saturated heterocycles. The van der Waals surface area contributed by atoms with Gasteiger partial charge in [-0.25, -0.2) is 13.8 Å². The maximum Gasteiger partial charge on any atom is 0.264 e. The smallest absolute Gasteiger partial charge is 0.264 e. The molecule has 0 spiro atoms. The summed E-state index contributed by atoms with van der Waals surface area (Å²) >= 11 is 11.9. The third-order valence-electron chi connectivity index (χ3n) is 4.38. The summed E-state index contributed by atoms with van der Waals surface area (Å²) < 4.78 is 32.9. The zero-order valence-electron chi connectivity index (χ0n) is 17.6. The molecule has 0 aliphatic heterocycles. The number of amides is 1. The van der Waals surface area contributed by atoms with Gasteiger partial charge in [-0.1, -0.05) is 29.3 Å². The van der Waals surface area contributed by atoms with Crippen molar-refractivity contribution in [2.45, 2.75) is 11.8 Å². The van der Waals surface area contributed by atoms with E-state index in [4.69, 9.17) is 27.9 Å². The lowest BCUT2D eigenvalue weighted by molar-refractivity contribution is -0.119. The summed E-state index contributed by atoms with van der Waals surface area (Å²) in [6.07, 6.45) is 1.45. The van der Waals surface area contributed by atoms with E-state index in [0.29, 0.717) is 16.7 Å². The van der Waals surface area contributed by atoms with Crippen molar-refractivity contribution in [1.29, 1.82) is 0 Å². The minimum atomic E-state index is -4.08. The van der Waals surface area contributed by atoms with Crippen molar-refractivity contribution in [3.05, 3.63) is 88.4 Å². The molecule has 10 heteroatoms. The van der Waals surface area contributed by atoms with Crippen LogP contribution in [-0.2, 0) is 14.8 Å². The first-order valence-electron chi connectivity index (χ1n) is 9.88. The number of hydrogen-bond donors (Lipinski definition) is 1. The number of halogens is 2. The predicted octanol–water partition coefficient (Wildman–Crippen LogP) is 4.74. The highest BCUT2D eigenvalue weighted by molar-refractivity contribution is 7.92. The summed E-state index contributed by atoms with van der Waals surface area (Å²) in [5.41, 5.74) is 3.33. The molecule has 3 rings (SSSR count). The zero-order chi connectivity index (χ0) is 23.8. The van der Waals surface area contributed by atoms with Crippen LogP contribution in [0.15, 0.2) is 82.8 Å². The molecule has 33 heavy (non-hydrogen) atoms. The summed E-state index contributed by atoms with van der Waals surface area (Å²) in [6, 6.07) is 19.0. The Bertz CT molecular complexity index is 1230. The van der Waals surface area contributed by atoms with E-state index in [1.165, 1.54) is 36.5 Å². The molecular formula is C23H21Cl2N3O4S. The van der Waals surface area contributed by atoms with Crippen molar-refractivity contribution in [3.63, 3.8) is 0 Å². The normalized spacial score (nSPS) is 11.4. The van der Waals surface area contributed by atoms with Crippen LogP contribution in [0.25, 0.3) is 0 Å². The van der Waals surface area contributed by atoms with Gasteiger partial charge in [-0.05, 0) is 79.2 Å². The number of benzene rings is 3. The molecule has 172 valence electrons. The maximum atomic E-state index is 13.3. The van der Waals surface area contributed by atoms with Crippen LogP contribution in [0.5, 0.6) is 5.75 Å². The number of hydrazone groups is 1. The van der Waals surface area contributed by atoms with Crippen LogP contribution in [0.1, 0.15) is 12.5 Å². The number of nitrogens with one attached hydrogen (secondary N) is 1. The van der Waals surface area contributed by atoms with Gasteiger partial charge in [-0.2, -0.15) is 5.10 Å². The van der Waals surface area contributed by atoms with Crippen molar-refractivity contribution in [2.24, 2.45) is 5.10 Å². The third kappa shape index (κ3) is 6.71. The Balaban J connectivity index is 1.78. The lowest BCUT2D eigenvalue weighted by atomic mass is 10.2. The summed E-state index contributed by atoms with van der Waals surface area (Å²) in [4.78, 5) is 12.6. The summed E-state index contributed by atoms with van der Waals surface area (Å²) in [5.74, 6) is 0.0953. The SMILES string of the molecule is CCOc1ccc(/C=N\NC(=O)CN(c2cccc(Cl)c2)S(=O)(=O)c2ccc(Cl)cc2)cc1. The highest BCUT2D eigenvalue weighted by Crippen LogP contribution is 2.26. The van der Waals surface area contributed by atoms with E-state index in [2.05, 4.69) is 10.5 Å². The first-order valence-corrected chi connectivity index (χ1v) is 12.1. The van der Waals surface area contributed by atoms with Gasteiger partial charge >= 0.3 is 0 Å². The molecule has 3 aromatic rings. The summed E-state index contributed by atoms with van der Waals surface area (Å²) in [7, 11) is -4.08. The van der Waals surface area contributed by atoms with Crippen LogP contribution in [0.4, 0.5) is 5.69 Å². The van der Waals surface area contributed by atoms with Gasteiger partial charge in [0, 0.05) is 10.0 Å². The average Bonchev–Trinajstić information content (AvgIpc) is 2.79. The Hall–Kier alpha value is -3.07. The van der Waals surface area contributed by atoms with Crippen LogP contribution in [0, 0.1) is 0 Å². The molecule has 7 nitrogen and oxygen atoms in total. The van der Waals surface area contributed by atoms with Gasteiger partial charge in [0.1, 0.15) is 12.3 Å². The Kier molecular flexibility index (Phi) is 8.32. The fourth-order valence-electron chi connectivity index (χ4n) is 2.84. The van der Waals surface area contributed by atoms with E-state index >= 15 is 0 Å². The number of carbonyl (C=O) groups is 1. The highest BCUT2D eigenvalue weighted by atomic mass is 35.5. The Morgan fingerprint density at radius 3 is 2.36 bits per heavy atom. The fourth-order valence-corrected chi connectivity index (χ4v) is 4.56. The molecule has 0 aliphatic rings. The lowest BCUT2D eigenvalue weighted by Crippen LogP contribution is -2.39. The Labute approximate surface area is 202 Å². The monoisotopic (exact) mass is 505 g/mol. The van der Waals surface area contributed by atoms with E-state index in [1.807, 2.05) is 6.92 Å². The zero-order valence-corrected chi connectivity index (χ0v) is 19.9. The summed E-state index contributed by atoms with van der Waals surface area (Å²) in [5, 5.41) is 4.64. The van der Waals surface area contributed by atoms with E-state index in [0.717, 1.165) is 15.6 Å². The van der Waals surface area contributed by atoms with Crippen LogP contribution >= 0.6 is 23.2 Å². The molecule has 0 fully saturated rings. The lowest BCUT2D eigenvalue weighted by Gasteiger charge is -2.23. The van der Waals surface area contributed by atoms with Crippen LogP contribution in [-0.4, -0.2) is 33.7 Å². The largest absolute Gasteiger partial charge is 0.494 e. The second kappa shape index (κ2) is 11.2. The van der Waals surface area contributed by atoms with E-state index < -0.39 is 22.5 Å². The fraction of sp³-hybridized carbons (Fsp3) is 0.130. The minimum Gasteiger partial charge on any atom is -0.494 e. The molecule has 0 saturated carbocycles. The number of nitrogens with zero attached hydrogens (tertiary/aromatic N) is 2. The quantitative estimate of drug-likeness (QED) is 0.336. The Morgan fingerprint density at radius 2 is 1.73 bits per heavy atom. The minimum absolute atomic E-state index is 0.0161. The first kappa shape index (κ1) is 24.6. The molecule has 0 unspecified atom stereocenters. The van der Waals surface area contributed by atoms with Gasteiger partial charge in [-0.3, -0.25) is 9.10 Å². The van der Waals surface area contributed by atoms with Crippen LogP contribution in [0.2, 0.25) is 10.0 Å². The topological polar surface area (TPSA) is 88.1 Å². The molecule has 0 heterocycles. The molecule has 1 N–H and O–H groups in total. The standard InChI is InChI=1S/C23H21Cl2N3O4S/c1-2-32-21-10-6-17(7-11-21)15-26-27-23(29)16-28(20-5-3-4-19(25)14-20)33(30,31)22-12-8-18(24)9-13-22/h3-15H,2,16H2,1H3,(H,27,29)/b26-15-. The van der Waals surface area contributed by atoms with Crippen molar-refractivity contribution >= 4 is 51.0 Å². The first-order chi connectivity index (χ1) is 15.8. The molecule has 0 atom stereocenters. The second-order valence-corrected chi connectivity index (χ2v) is 9.48. The highest BCUT2D eigenvalue weighted by Gasteiger charge is 2.27. The van der Waals surface area contributed by atoms with Gasteiger partial charge in [-0.15, -0.1) is 0 Å². The molecule has 1 amide bonds. The number of ether oxygens (including phenoxy) is 1. The predicted molar refractivity (Wildman–Crippen MR) is 131 cm³/mol. The van der Waals surface area contributed by atoms with Gasteiger partial charge < -0.3 is 4.74 Å². The van der Waals surface area contributed by atoms with Gasteiger partial charge in [0.15, 0.2) is 0 Å². The van der Waals surface area contributed by atoms with Gasteiger partial charge in [0.05, 0.1) is 23.4 Å². The Morgan fingerprint density at radius 1 is 1.03 bits per heavy atom. The third-order valence-corrected chi connectivity index (χ3v) is 6.65. The van der Waals surface area contributed by atoms with Crippen molar-refractivity contribution < 1.29 is 17.9 Å².